The number of rotatable bonds is 3. The number of halogens is 3. The molecule has 1 aliphatic rings. The lowest BCUT2D eigenvalue weighted by Gasteiger charge is -2.11. The van der Waals surface area contributed by atoms with Gasteiger partial charge in [0.05, 0.1) is 0 Å². The minimum absolute atomic E-state index is 0. The Morgan fingerprint density at radius 3 is 2.68 bits per heavy atom. The van der Waals surface area contributed by atoms with Crippen LogP contribution in [0, 0.1) is 17.6 Å². The van der Waals surface area contributed by atoms with Gasteiger partial charge in [-0.2, -0.15) is 0 Å². The van der Waals surface area contributed by atoms with Crippen LogP contribution in [0.2, 0.25) is 0 Å². The van der Waals surface area contributed by atoms with Crippen molar-refractivity contribution in [2.24, 2.45) is 11.7 Å². The summed E-state index contributed by atoms with van der Waals surface area (Å²) in [6.07, 6.45) is 2.31. The molecule has 2 rings (SSSR count). The van der Waals surface area contributed by atoms with Gasteiger partial charge >= 0.3 is 0 Å². The second-order valence-corrected chi connectivity index (χ2v) is 4.72. The highest BCUT2D eigenvalue weighted by atomic mass is 35.5. The maximum atomic E-state index is 13.3. The highest BCUT2D eigenvalue weighted by molar-refractivity contribution is 5.85. The van der Waals surface area contributed by atoms with Crippen LogP contribution in [0.1, 0.15) is 24.8 Å². The Hall–Kier alpha value is -1.20. The van der Waals surface area contributed by atoms with Crippen molar-refractivity contribution in [3.8, 4) is 0 Å². The van der Waals surface area contributed by atoms with Gasteiger partial charge in [-0.3, -0.25) is 4.79 Å². The van der Waals surface area contributed by atoms with Crippen LogP contribution in [0.25, 0.3) is 0 Å². The van der Waals surface area contributed by atoms with Crippen LogP contribution in [-0.2, 0) is 11.3 Å². The third-order valence-corrected chi connectivity index (χ3v) is 3.31. The van der Waals surface area contributed by atoms with Crippen molar-refractivity contribution >= 4 is 18.3 Å². The van der Waals surface area contributed by atoms with E-state index < -0.39 is 11.6 Å². The molecule has 1 amide bonds. The van der Waals surface area contributed by atoms with Crippen molar-refractivity contribution in [1.29, 1.82) is 0 Å². The summed E-state index contributed by atoms with van der Waals surface area (Å²) in [5.41, 5.74) is 6.01. The Bertz CT molecular complexity index is 456. The normalized spacial score (nSPS) is 21.8. The molecular weight excluding hydrogens is 274 g/mol. The van der Waals surface area contributed by atoms with Crippen molar-refractivity contribution in [3.63, 3.8) is 0 Å². The molecule has 1 fully saturated rings. The monoisotopic (exact) mass is 290 g/mol. The van der Waals surface area contributed by atoms with E-state index in [-0.39, 0.29) is 42.4 Å². The van der Waals surface area contributed by atoms with Crippen molar-refractivity contribution in [3.05, 3.63) is 35.4 Å². The molecule has 2 unspecified atom stereocenters. The van der Waals surface area contributed by atoms with Gasteiger partial charge < -0.3 is 11.1 Å². The van der Waals surface area contributed by atoms with E-state index >= 15 is 0 Å². The lowest BCUT2D eigenvalue weighted by atomic mass is 10.1. The van der Waals surface area contributed by atoms with Crippen LogP contribution < -0.4 is 11.1 Å². The fourth-order valence-electron chi connectivity index (χ4n) is 2.25. The lowest BCUT2D eigenvalue weighted by molar-refractivity contribution is -0.125. The summed E-state index contributed by atoms with van der Waals surface area (Å²) in [7, 11) is 0. The predicted octanol–water partition coefficient (Wildman–Crippen LogP) is 2.13. The highest BCUT2D eigenvalue weighted by Crippen LogP contribution is 2.24. The Balaban J connectivity index is 0.00000180. The second kappa shape index (κ2) is 6.82. The molecule has 0 saturated heterocycles. The van der Waals surface area contributed by atoms with Crippen molar-refractivity contribution < 1.29 is 13.6 Å². The predicted molar refractivity (Wildman–Crippen MR) is 70.8 cm³/mol. The zero-order valence-electron chi connectivity index (χ0n) is 10.4. The molecule has 1 saturated carbocycles. The molecule has 0 radical (unpaired) electrons. The zero-order valence-corrected chi connectivity index (χ0v) is 11.2. The lowest BCUT2D eigenvalue weighted by Crippen LogP contribution is -2.30. The molecule has 19 heavy (non-hydrogen) atoms. The third-order valence-electron chi connectivity index (χ3n) is 3.31. The van der Waals surface area contributed by atoms with Crippen LogP contribution in [0.3, 0.4) is 0 Å². The van der Waals surface area contributed by atoms with Gasteiger partial charge in [0.1, 0.15) is 11.6 Å². The maximum absolute atomic E-state index is 13.3. The second-order valence-electron chi connectivity index (χ2n) is 4.72. The van der Waals surface area contributed by atoms with E-state index in [0.29, 0.717) is 6.42 Å². The first-order valence-corrected chi connectivity index (χ1v) is 6.03. The molecule has 0 aromatic heterocycles. The Labute approximate surface area is 117 Å². The average Bonchev–Trinajstić information content (AvgIpc) is 2.74. The van der Waals surface area contributed by atoms with Gasteiger partial charge in [-0.05, 0) is 25.3 Å². The Morgan fingerprint density at radius 1 is 1.37 bits per heavy atom. The van der Waals surface area contributed by atoms with E-state index in [2.05, 4.69) is 5.32 Å². The minimum atomic E-state index is -0.640. The molecular formula is C13H17ClF2N2O. The first-order valence-electron chi connectivity index (χ1n) is 6.03. The number of benzene rings is 1. The van der Waals surface area contributed by atoms with E-state index in [0.717, 1.165) is 18.9 Å². The molecule has 1 aromatic carbocycles. The summed E-state index contributed by atoms with van der Waals surface area (Å²) in [4.78, 5) is 11.8. The summed E-state index contributed by atoms with van der Waals surface area (Å²) >= 11 is 0. The number of hydrogen-bond donors (Lipinski definition) is 2. The van der Waals surface area contributed by atoms with Crippen LogP contribution in [-0.4, -0.2) is 11.9 Å². The van der Waals surface area contributed by atoms with Gasteiger partial charge in [0, 0.05) is 30.1 Å². The van der Waals surface area contributed by atoms with E-state index in [1.807, 2.05) is 0 Å². The minimum Gasteiger partial charge on any atom is -0.352 e. The molecule has 0 heterocycles. The molecule has 6 heteroatoms. The summed E-state index contributed by atoms with van der Waals surface area (Å²) in [5, 5.41) is 2.66. The van der Waals surface area contributed by atoms with E-state index in [1.165, 1.54) is 12.1 Å². The first kappa shape index (κ1) is 15.9. The van der Waals surface area contributed by atoms with Crippen molar-refractivity contribution in [1.82, 2.24) is 5.32 Å². The molecule has 1 aromatic rings. The molecule has 3 N–H and O–H groups in total. The van der Waals surface area contributed by atoms with Gasteiger partial charge in [-0.15, -0.1) is 12.4 Å². The summed E-state index contributed by atoms with van der Waals surface area (Å²) in [5.74, 6) is -1.45. The summed E-state index contributed by atoms with van der Waals surface area (Å²) in [6, 6.07) is 3.41. The van der Waals surface area contributed by atoms with Crippen molar-refractivity contribution in [2.75, 3.05) is 0 Å². The average molecular weight is 291 g/mol. The fraction of sp³-hybridized carbons (Fsp3) is 0.462. The van der Waals surface area contributed by atoms with Crippen LogP contribution >= 0.6 is 12.4 Å². The van der Waals surface area contributed by atoms with Crippen LogP contribution in [0.4, 0.5) is 8.78 Å². The number of nitrogens with one attached hydrogen (secondary N) is 1. The number of amides is 1. The molecule has 106 valence electrons. The number of hydrogen-bond acceptors (Lipinski definition) is 2. The Morgan fingerprint density at radius 2 is 2.11 bits per heavy atom. The standard InChI is InChI=1S/C13H16F2N2O.ClH/c14-10-3-1-9(12(15)6-10)7-17-13(18)8-2-4-11(16)5-8;/h1,3,6,8,11H,2,4-5,7,16H2,(H,17,18);1H. The maximum Gasteiger partial charge on any atom is 0.223 e. The molecule has 0 spiro atoms. The van der Waals surface area contributed by atoms with Gasteiger partial charge in [-0.1, -0.05) is 6.07 Å². The SMILES string of the molecule is Cl.NC1CCC(C(=O)NCc2ccc(F)cc2F)C1. The largest absolute Gasteiger partial charge is 0.352 e. The first-order chi connectivity index (χ1) is 8.56. The van der Waals surface area contributed by atoms with E-state index in [1.54, 1.807) is 0 Å². The van der Waals surface area contributed by atoms with E-state index in [4.69, 9.17) is 5.73 Å². The number of carbonyl (C=O) groups is 1. The van der Waals surface area contributed by atoms with Gasteiger partial charge in [0.15, 0.2) is 0 Å². The molecule has 1 aliphatic carbocycles. The quantitative estimate of drug-likeness (QED) is 0.896. The summed E-state index contributed by atoms with van der Waals surface area (Å²) < 4.78 is 26.0. The molecule has 3 nitrogen and oxygen atoms in total. The third kappa shape index (κ3) is 4.14. The Kier molecular flexibility index (Phi) is 5.69. The van der Waals surface area contributed by atoms with Crippen LogP contribution in [0.5, 0.6) is 0 Å². The smallest absolute Gasteiger partial charge is 0.223 e. The topological polar surface area (TPSA) is 55.1 Å². The number of nitrogens with two attached hydrogens (primary N) is 1. The van der Waals surface area contributed by atoms with E-state index in [9.17, 15) is 13.6 Å². The molecule has 0 bridgehead atoms. The molecule has 2 atom stereocenters. The van der Waals surface area contributed by atoms with Crippen molar-refractivity contribution in [2.45, 2.75) is 31.8 Å². The van der Waals surface area contributed by atoms with Gasteiger partial charge in [0.2, 0.25) is 5.91 Å². The fourth-order valence-corrected chi connectivity index (χ4v) is 2.25. The summed E-state index contributed by atoms with van der Waals surface area (Å²) in [6.45, 7) is 0.0800. The van der Waals surface area contributed by atoms with Gasteiger partial charge in [0.25, 0.3) is 0 Å². The molecule has 0 aliphatic heterocycles. The van der Waals surface area contributed by atoms with Gasteiger partial charge in [-0.25, -0.2) is 8.78 Å². The zero-order chi connectivity index (χ0) is 13.1. The number of carbonyl (C=O) groups excluding carboxylic acids is 1. The highest BCUT2D eigenvalue weighted by Gasteiger charge is 2.27. The van der Waals surface area contributed by atoms with Crippen LogP contribution in [0.15, 0.2) is 18.2 Å².